The molecule has 0 fully saturated rings. The van der Waals surface area contributed by atoms with E-state index in [1.54, 1.807) is 36.4 Å². The van der Waals surface area contributed by atoms with Crippen LogP contribution in [0, 0.1) is 0 Å². The normalized spacial score (nSPS) is 9.94. The van der Waals surface area contributed by atoms with E-state index in [2.05, 4.69) is 4.98 Å². The average molecular weight is 249 g/mol. The van der Waals surface area contributed by atoms with Gasteiger partial charge in [-0.15, -0.1) is 0 Å². The summed E-state index contributed by atoms with van der Waals surface area (Å²) in [4.78, 5) is 14.8. The number of halogens is 1. The van der Waals surface area contributed by atoms with Crippen LogP contribution in [0.1, 0.15) is 10.4 Å². The fourth-order valence-electron chi connectivity index (χ4n) is 1.23. The third kappa shape index (κ3) is 2.95. The number of primary amides is 1. The molecular formula is C12H9ClN2O2. The van der Waals surface area contributed by atoms with Crippen LogP contribution < -0.4 is 10.5 Å². The summed E-state index contributed by atoms with van der Waals surface area (Å²) in [7, 11) is 0. The Labute approximate surface area is 103 Å². The Bertz CT molecular complexity index is 523. The highest BCUT2D eigenvalue weighted by molar-refractivity contribution is 6.30. The summed E-state index contributed by atoms with van der Waals surface area (Å²) >= 11 is 5.70. The number of nitrogens with two attached hydrogens (primary N) is 1. The van der Waals surface area contributed by atoms with Gasteiger partial charge in [-0.05, 0) is 30.3 Å². The number of aromatic nitrogens is 1. The minimum atomic E-state index is -0.471. The lowest BCUT2D eigenvalue weighted by molar-refractivity contribution is 0.100. The van der Waals surface area contributed by atoms with Crippen LogP contribution in [0.5, 0.6) is 11.6 Å². The van der Waals surface area contributed by atoms with Crippen molar-refractivity contribution in [3.63, 3.8) is 0 Å². The highest BCUT2D eigenvalue weighted by Gasteiger charge is 2.02. The van der Waals surface area contributed by atoms with E-state index in [1.807, 2.05) is 0 Å². The van der Waals surface area contributed by atoms with Gasteiger partial charge in [0.2, 0.25) is 11.8 Å². The van der Waals surface area contributed by atoms with Gasteiger partial charge in [-0.25, -0.2) is 4.98 Å². The zero-order valence-electron chi connectivity index (χ0n) is 8.76. The Morgan fingerprint density at radius 3 is 2.41 bits per heavy atom. The minimum absolute atomic E-state index is 0.432. The number of nitrogens with zero attached hydrogens (tertiary/aromatic N) is 1. The maximum absolute atomic E-state index is 10.9. The largest absolute Gasteiger partial charge is 0.439 e. The maximum atomic E-state index is 10.9. The topological polar surface area (TPSA) is 65.2 Å². The first-order valence-corrected chi connectivity index (χ1v) is 5.22. The second-order valence-corrected chi connectivity index (χ2v) is 3.74. The molecule has 1 aromatic heterocycles. The predicted octanol–water partition coefficient (Wildman–Crippen LogP) is 2.63. The fraction of sp³-hybridized carbons (Fsp3) is 0. The molecule has 0 saturated heterocycles. The summed E-state index contributed by atoms with van der Waals surface area (Å²) < 4.78 is 5.45. The Balaban J connectivity index is 2.13. The number of amides is 1. The quantitative estimate of drug-likeness (QED) is 0.908. The van der Waals surface area contributed by atoms with Crippen molar-refractivity contribution < 1.29 is 9.53 Å². The van der Waals surface area contributed by atoms with Gasteiger partial charge in [0.25, 0.3) is 0 Å². The van der Waals surface area contributed by atoms with E-state index in [-0.39, 0.29) is 0 Å². The van der Waals surface area contributed by atoms with E-state index in [9.17, 15) is 4.79 Å². The van der Waals surface area contributed by atoms with E-state index >= 15 is 0 Å². The van der Waals surface area contributed by atoms with Gasteiger partial charge in [0.15, 0.2) is 0 Å². The van der Waals surface area contributed by atoms with Crippen molar-refractivity contribution in [1.82, 2.24) is 4.98 Å². The van der Waals surface area contributed by atoms with Gasteiger partial charge in [0.1, 0.15) is 5.75 Å². The summed E-state index contributed by atoms with van der Waals surface area (Å²) in [5.74, 6) is 0.534. The molecule has 2 aromatic rings. The fourth-order valence-corrected chi connectivity index (χ4v) is 1.34. The van der Waals surface area contributed by atoms with E-state index in [0.717, 1.165) is 0 Å². The molecule has 1 aromatic carbocycles. The van der Waals surface area contributed by atoms with Gasteiger partial charge >= 0.3 is 0 Å². The van der Waals surface area contributed by atoms with Crippen LogP contribution in [0.4, 0.5) is 0 Å². The molecule has 86 valence electrons. The van der Waals surface area contributed by atoms with E-state index in [4.69, 9.17) is 22.1 Å². The van der Waals surface area contributed by atoms with Crippen LogP contribution in [-0.2, 0) is 0 Å². The van der Waals surface area contributed by atoms with Crippen LogP contribution in [0.25, 0.3) is 0 Å². The smallest absolute Gasteiger partial charge is 0.248 e. The molecule has 17 heavy (non-hydrogen) atoms. The van der Waals surface area contributed by atoms with E-state index in [1.165, 1.54) is 6.20 Å². The highest BCUT2D eigenvalue weighted by atomic mass is 35.5. The lowest BCUT2D eigenvalue weighted by Gasteiger charge is -2.04. The van der Waals surface area contributed by atoms with Crippen molar-refractivity contribution in [2.75, 3.05) is 0 Å². The Hall–Kier alpha value is -2.07. The zero-order valence-corrected chi connectivity index (χ0v) is 9.52. The molecule has 4 nitrogen and oxygen atoms in total. The van der Waals surface area contributed by atoms with E-state index in [0.29, 0.717) is 22.2 Å². The second kappa shape index (κ2) is 4.84. The third-order valence-corrected chi connectivity index (χ3v) is 2.29. The number of hydrogen-bond acceptors (Lipinski definition) is 3. The maximum Gasteiger partial charge on any atom is 0.248 e. The molecule has 2 rings (SSSR count). The second-order valence-electron chi connectivity index (χ2n) is 3.31. The minimum Gasteiger partial charge on any atom is -0.439 e. The summed E-state index contributed by atoms with van der Waals surface area (Å²) in [6.45, 7) is 0. The van der Waals surface area contributed by atoms with Gasteiger partial charge in [0.05, 0.1) is 5.02 Å². The lowest BCUT2D eigenvalue weighted by atomic mass is 10.2. The van der Waals surface area contributed by atoms with Gasteiger partial charge in [-0.3, -0.25) is 4.79 Å². The molecule has 0 bridgehead atoms. The number of benzene rings is 1. The Morgan fingerprint density at radius 2 is 1.88 bits per heavy atom. The number of hydrogen-bond donors (Lipinski definition) is 1. The molecule has 0 saturated carbocycles. The molecule has 0 atom stereocenters. The predicted molar refractivity (Wildman–Crippen MR) is 64.3 cm³/mol. The summed E-state index contributed by atoms with van der Waals surface area (Å²) in [5.41, 5.74) is 5.56. The summed E-state index contributed by atoms with van der Waals surface area (Å²) in [6.07, 6.45) is 1.49. The monoisotopic (exact) mass is 248 g/mol. The lowest BCUT2D eigenvalue weighted by Crippen LogP contribution is -2.10. The van der Waals surface area contributed by atoms with Crippen molar-refractivity contribution >= 4 is 17.5 Å². The number of rotatable bonds is 3. The van der Waals surface area contributed by atoms with E-state index < -0.39 is 5.91 Å². The summed E-state index contributed by atoms with van der Waals surface area (Å²) in [6, 6.07) is 9.82. The number of pyridine rings is 1. The van der Waals surface area contributed by atoms with Crippen molar-refractivity contribution in [3.8, 4) is 11.6 Å². The average Bonchev–Trinajstić information content (AvgIpc) is 2.33. The number of carbonyl (C=O) groups excluding carboxylic acids is 1. The molecule has 0 radical (unpaired) electrons. The third-order valence-electron chi connectivity index (χ3n) is 2.06. The molecule has 0 spiro atoms. The first-order chi connectivity index (χ1) is 8.15. The Kier molecular flexibility index (Phi) is 3.25. The molecule has 0 aliphatic heterocycles. The van der Waals surface area contributed by atoms with Crippen LogP contribution in [-0.4, -0.2) is 10.9 Å². The molecule has 2 N–H and O–H groups in total. The molecule has 0 aliphatic rings. The summed E-state index contributed by atoms with van der Waals surface area (Å²) in [5, 5.41) is 0.543. The molecule has 1 amide bonds. The van der Waals surface area contributed by atoms with Crippen molar-refractivity contribution in [3.05, 3.63) is 53.2 Å². The van der Waals surface area contributed by atoms with Crippen molar-refractivity contribution in [2.24, 2.45) is 5.73 Å². The standard InChI is InChI=1S/C12H9ClN2O2/c13-9-3-6-11(15-7-9)17-10-4-1-8(2-5-10)12(14)16/h1-7H,(H2,14,16). The Morgan fingerprint density at radius 1 is 1.18 bits per heavy atom. The van der Waals surface area contributed by atoms with Crippen LogP contribution in [0.3, 0.4) is 0 Å². The SMILES string of the molecule is NC(=O)c1ccc(Oc2ccc(Cl)cn2)cc1. The zero-order chi connectivity index (χ0) is 12.3. The van der Waals surface area contributed by atoms with Crippen molar-refractivity contribution in [1.29, 1.82) is 0 Å². The first kappa shape index (κ1) is 11.4. The van der Waals surface area contributed by atoms with Gasteiger partial charge in [-0.2, -0.15) is 0 Å². The molecule has 0 aliphatic carbocycles. The molecule has 1 heterocycles. The van der Waals surface area contributed by atoms with Crippen molar-refractivity contribution in [2.45, 2.75) is 0 Å². The molecular weight excluding hydrogens is 240 g/mol. The highest BCUT2D eigenvalue weighted by Crippen LogP contribution is 2.20. The molecule has 0 unspecified atom stereocenters. The van der Waals surface area contributed by atoms with Crippen LogP contribution in [0.15, 0.2) is 42.6 Å². The molecule has 5 heteroatoms. The van der Waals surface area contributed by atoms with Crippen LogP contribution >= 0.6 is 11.6 Å². The number of ether oxygens (including phenoxy) is 1. The van der Waals surface area contributed by atoms with Gasteiger partial charge in [-0.1, -0.05) is 11.6 Å². The first-order valence-electron chi connectivity index (χ1n) is 4.84. The van der Waals surface area contributed by atoms with Crippen LogP contribution in [0.2, 0.25) is 5.02 Å². The van der Waals surface area contributed by atoms with Gasteiger partial charge in [0, 0.05) is 17.8 Å². The number of carbonyl (C=O) groups is 1. The van der Waals surface area contributed by atoms with Gasteiger partial charge < -0.3 is 10.5 Å².